The summed E-state index contributed by atoms with van der Waals surface area (Å²) in [5, 5.41) is 10.3. The van der Waals surface area contributed by atoms with Crippen LogP contribution in [0.15, 0.2) is 34.0 Å². The molecular formula is C14H19BrFIN6. The lowest BCUT2D eigenvalue weighted by molar-refractivity contribution is 0.606. The number of aliphatic imine (C=N–C) groups is 1. The lowest BCUT2D eigenvalue weighted by atomic mass is 10.1. The number of aryl methyl sites for hydroxylation is 1. The van der Waals surface area contributed by atoms with E-state index in [1.807, 2.05) is 7.05 Å². The smallest absolute Gasteiger partial charge is 0.191 e. The Morgan fingerprint density at radius 2 is 2.17 bits per heavy atom. The van der Waals surface area contributed by atoms with E-state index in [-0.39, 0.29) is 29.8 Å². The van der Waals surface area contributed by atoms with Crippen LogP contribution in [0.1, 0.15) is 11.4 Å². The Hall–Kier alpha value is -1.23. The van der Waals surface area contributed by atoms with E-state index >= 15 is 0 Å². The molecule has 0 radical (unpaired) electrons. The molecule has 1 aromatic heterocycles. The monoisotopic (exact) mass is 496 g/mol. The minimum Gasteiger partial charge on any atom is -0.356 e. The molecule has 0 aliphatic carbocycles. The number of nitrogens with one attached hydrogen (secondary N) is 2. The maximum absolute atomic E-state index is 13.6. The Bertz CT molecular complexity index is 660. The molecule has 23 heavy (non-hydrogen) atoms. The fourth-order valence-electron chi connectivity index (χ4n) is 1.91. The summed E-state index contributed by atoms with van der Waals surface area (Å²) in [5.41, 5.74) is 0.658. The molecule has 0 saturated carbocycles. The zero-order valence-electron chi connectivity index (χ0n) is 12.9. The van der Waals surface area contributed by atoms with E-state index in [0.29, 0.717) is 31.0 Å². The Morgan fingerprint density at radius 1 is 1.39 bits per heavy atom. The van der Waals surface area contributed by atoms with E-state index in [9.17, 15) is 4.39 Å². The van der Waals surface area contributed by atoms with Crippen LogP contribution in [0.25, 0.3) is 0 Å². The van der Waals surface area contributed by atoms with Gasteiger partial charge in [-0.3, -0.25) is 9.67 Å². The topological polar surface area (TPSA) is 67.1 Å². The van der Waals surface area contributed by atoms with Gasteiger partial charge in [0, 0.05) is 25.1 Å². The lowest BCUT2D eigenvalue weighted by Gasteiger charge is -2.12. The van der Waals surface area contributed by atoms with Crippen molar-refractivity contribution in [2.45, 2.75) is 13.0 Å². The van der Waals surface area contributed by atoms with E-state index in [1.54, 1.807) is 23.9 Å². The molecule has 2 aromatic rings. The molecule has 2 rings (SSSR count). The van der Waals surface area contributed by atoms with Gasteiger partial charge in [-0.2, -0.15) is 5.10 Å². The average molecular weight is 497 g/mol. The molecule has 0 aliphatic rings. The summed E-state index contributed by atoms with van der Waals surface area (Å²) in [6.45, 7) is 1.09. The van der Waals surface area contributed by atoms with E-state index < -0.39 is 0 Å². The summed E-state index contributed by atoms with van der Waals surface area (Å²) < 4.78 is 16.2. The number of aromatic nitrogens is 3. The van der Waals surface area contributed by atoms with Crippen LogP contribution in [-0.2, 0) is 20.0 Å². The average Bonchev–Trinajstić information content (AvgIpc) is 2.91. The molecule has 0 saturated heterocycles. The van der Waals surface area contributed by atoms with Crippen LogP contribution < -0.4 is 10.6 Å². The second-order valence-corrected chi connectivity index (χ2v) is 5.55. The fourth-order valence-corrected chi connectivity index (χ4v) is 2.32. The predicted octanol–water partition coefficient (Wildman–Crippen LogP) is 2.24. The van der Waals surface area contributed by atoms with Gasteiger partial charge in [0.1, 0.15) is 18.0 Å². The summed E-state index contributed by atoms with van der Waals surface area (Å²) in [7, 11) is 3.52. The maximum Gasteiger partial charge on any atom is 0.191 e. The fraction of sp³-hybridized carbons (Fsp3) is 0.357. The molecule has 0 aliphatic heterocycles. The second-order valence-electron chi connectivity index (χ2n) is 4.64. The minimum absolute atomic E-state index is 0. The highest BCUT2D eigenvalue weighted by atomic mass is 127. The van der Waals surface area contributed by atoms with Crippen LogP contribution >= 0.6 is 39.9 Å². The van der Waals surface area contributed by atoms with Crippen molar-refractivity contribution in [1.29, 1.82) is 0 Å². The van der Waals surface area contributed by atoms with E-state index in [0.717, 1.165) is 10.3 Å². The Kier molecular flexibility index (Phi) is 8.45. The first-order chi connectivity index (χ1) is 10.6. The van der Waals surface area contributed by atoms with Crippen molar-refractivity contribution in [3.05, 3.63) is 46.2 Å². The van der Waals surface area contributed by atoms with Gasteiger partial charge in [-0.05, 0) is 30.2 Å². The van der Waals surface area contributed by atoms with Crippen molar-refractivity contribution in [3.8, 4) is 0 Å². The van der Waals surface area contributed by atoms with Crippen LogP contribution in [0.5, 0.6) is 0 Å². The molecular weight excluding hydrogens is 478 g/mol. The molecule has 1 heterocycles. The first-order valence-electron chi connectivity index (χ1n) is 6.81. The van der Waals surface area contributed by atoms with Gasteiger partial charge in [-0.15, -0.1) is 24.0 Å². The number of hydrogen-bond donors (Lipinski definition) is 2. The molecule has 0 spiro atoms. The quantitative estimate of drug-likeness (QED) is 0.378. The zero-order valence-corrected chi connectivity index (χ0v) is 16.8. The number of hydrogen-bond acceptors (Lipinski definition) is 3. The van der Waals surface area contributed by atoms with Gasteiger partial charge in [0.2, 0.25) is 0 Å². The summed E-state index contributed by atoms with van der Waals surface area (Å²) in [5.74, 6) is 1.24. The van der Waals surface area contributed by atoms with Crippen LogP contribution in [0.2, 0.25) is 0 Å². The summed E-state index contributed by atoms with van der Waals surface area (Å²) >= 11 is 3.35. The molecule has 6 nitrogen and oxygen atoms in total. The van der Waals surface area contributed by atoms with Gasteiger partial charge >= 0.3 is 0 Å². The standard InChI is InChI=1S/C14H18BrFN6.HI/c1-17-14(19-8-13-20-9-21-22(13)2)18-6-5-10-7-11(15)3-4-12(10)16;/h3-4,7,9H,5-6,8H2,1-2H3,(H2,17,18,19);1H. The third-order valence-electron chi connectivity index (χ3n) is 3.14. The third-order valence-corrected chi connectivity index (χ3v) is 3.63. The predicted molar refractivity (Wildman–Crippen MR) is 102 cm³/mol. The normalized spacial score (nSPS) is 11.0. The van der Waals surface area contributed by atoms with Crippen LogP contribution in [-0.4, -0.2) is 34.3 Å². The molecule has 0 amide bonds. The third kappa shape index (κ3) is 6.05. The Morgan fingerprint density at radius 3 is 2.83 bits per heavy atom. The van der Waals surface area contributed by atoms with Crippen molar-refractivity contribution >= 4 is 45.9 Å². The van der Waals surface area contributed by atoms with Gasteiger partial charge in [-0.1, -0.05) is 15.9 Å². The highest BCUT2D eigenvalue weighted by molar-refractivity contribution is 14.0. The van der Waals surface area contributed by atoms with Gasteiger partial charge < -0.3 is 10.6 Å². The van der Waals surface area contributed by atoms with Gasteiger partial charge in [0.15, 0.2) is 5.96 Å². The molecule has 0 unspecified atom stereocenters. The first kappa shape index (κ1) is 19.8. The number of nitrogens with zero attached hydrogens (tertiary/aromatic N) is 4. The van der Waals surface area contributed by atoms with Crippen molar-refractivity contribution in [3.63, 3.8) is 0 Å². The summed E-state index contributed by atoms with van der Waals surface area (Å²) in [6, 6.07) is 4.93. The first-order valence-corrected chi connectivity index (χ1v) is 7.60. The second kappa shape index (κ2) is 9.81. The van der Waals surface area contributed by atoms with Gasteiger partial charge in [0.05, 0.1) is 6.54 Å². The number of halogens is 3. The summed E-state index contributed by atoms with van der Waals surface area (Å²) in [4.78, 5) is 8.25. The molecule has 1 aromatic carbocycles. The van der Waals surface area contributed by atoms with Gasteiger partial charge in [-0.25, -0.2) is 9.37 Å². The number of rotatable bonds is 5. The van der Waals surface area contributed by atoms with Crippen LogP contribution in [0.4, 0.5) is 4.39 Å². The largest absolute Gasteiger partial charge is 0.356 e. The Balaban J connectivity index is 0.00000264. The molecule has 2 N–H and O–H groups in total. The molecule has 9 heteroatoms. The highest BCUT2D eigenvalue weighted by Crippen LogP contribution is 2.15. The van der Waals surface area contributed by atoms with Crippen molar-refractivity contribution in [2.24, 2.45) is 12.0 Å². The Labute approximate surface area is 160 Å². The van der Waals surface area contributed by atoms with Crippen molar-refractivity contribution < 1.29 is 4.39 Å². The molecule has 126 valence electrons. The molecule has 0 atom stereocenters. The van der Waals surface area contributed by atoms with E-state index in [2.05, 4.69) is 41.6 Å². The SMILES string of the molecule is CN=C(NCCc1cc(Br)ccc1F)NCc1ncnn1C.I. The lowest BCUT2D eigenvalue weighted by Crippen LogP contribution is -2.38. The van der Waals surface area contributed by atoms with Crippen LogP contribution in [0.3, 0.4) is 0 Å². The van der Waals surface area contributed by atoms with Crippen LogP contribution in [0, 0.1) is 5.82 Å². The zero-order chi connectivity index (χ0) is 15.9. The number of benzene rings is 1. The number of guanidine groups is 1. The molecule has 0 bridgehead atoms. The van der Waals surface area contributed by atoms with Crippen molar-refractivity contribution in [1.82, 2.24) is 25.4 Å². The van der Waals surface area contributed by atoms with Crippen molar-refractivity contribution in [2.75, 3.05) is 13.6 Å². The highest BCUT2D eigenvalue weighted by Gasteiger charge is 2.05. The summed E-state index contributed by atoms with van der Waals surface area (Å²) in [6.07, 6.45) is 2.07. The molecule has 0 fully saturated rings. The maximum atomic E-state index is 13.6. The van der Waals surface area contributed by atoms with Gasteiger partial charge in [0.25, 0.3) is 0 Å². The van der Waals surface area contributed by atoms with E-state index in [4.69, 9.17) is 0 Å². The minimum atomic E-state index is -0.202. The van der Waals surface area contributed by atoms with E-state index in [1.165, 1.54) is 12.4 Å².